The zero-order chi connectivity index (χ0) is 21.6. The average Bonchev–Trinajstić information content (AvgIpc) is 2.82. The van der Waals surface area contributed by atoms with Crippen LogP contribution >= 0.6 is 0 Å². The molecule has 0 amide bonds. The number of rotatable bonds is 5. The fourth-order valence-electron chi connectivity index (χ4n) is 3.24. The molecule has 31 heavy (non-hydrogen) atoms. The molecule has 0 aliphatic carbocycles. The normalized spacial score (nSPS) is 10.6. The van der Waals surface area contributed by atoms with Crippen LogP contribution in [0.5, 0.6) is 0 Å². The Morgan fingerprint density at radius 3 is 2.52 bits per heavy atom. The fourth-order valence-corrected chi connectivity index (χ4v) is 3.24. The van der Waals surface area contributed by atoms with Crippen molar-refractivity contribution in [3.05, 3.63) is 100 Å². The zero-order valence-corrected chi connectivity index (χ0v) is 16.6. The molecule has 1 aromatic heterocycles. The second-order valence-electron chi connectivity index (χ2n) is 6.80. The molecule has 0 aliphatic rings. The first-order valence-electron chi connectivity index (χ1n) is 9.67. The highest BCUT2D eigenvalue weighted by Gasteiger charge is 2.11. The molecule has 0 saturated heterocycles. The maximum absolute atomic E-state index is 13.4. The van der Waals surface area contributed by atoms with E-state index in [0.717, 1.165) is 16.9 Å². The molecule has 0 aliphatic heterocycles. The van der Waals surface area contributed by atoms with E-state index in [4.69, 9.17) is 16.7 Å². The maximum atomic E-state index is 13.4. The van der Waals surface area contributed by atoms with Gasteiger partial charge >= 0.3 is 0 Å². The van der Waals surface area contributed by atoms with Crippen molar-refractivity contribution in [1.82, 2.24) is 9.55 Å². The standard InChI is InChI=1S/C26H18N4O/c1-2-16-28-21-13-14-23-24(17-21)29-25(15-12-19-8-10-20(18-27)11-9-19)30(26(23)31)22-6-4-3-5-7-22/h1,3-15,17,28H,16H2/b15-12+. The molecule has 0 radical (unpaired) electrons. The largest absolute Gasteiger partial charge is 0.374 e. The Labute approximate surface area is 179 Å². The molecule has 4 rings (SSSR count). The first-order chi connectivity index (χ1) is 15.2. The van der Waals surface area contributed by atoms with Gasteiger partial charge in [-0.3, -0.25) is 9.36 Å². The summed E-state index contributed by atoms with van der Waals surface area (Å²) in [7, 11) is 0. The lowest BCUT2D eigenvalue weighted by atomic mass is 10.1. The molecule has 4 aromatic rings. The Hall–Kier alpha value is -4.61. The van der Waals surface area contributed by atoms with E-state index in [2.05, 4.69) is 17.3 Å². The number of hydrogen-bond donors (Lipinski definition) is 1. The summed E-state index contributed by atoms with van der Waals surface area (Å²) in [5.41, 5.74) is 3.46. The van der Waals surface area contributed by atoms with Crippen LogP contribution < -0.4 is 10.9 Å². The molecule has 0 spiro atoms. The molecule has 0 saturated carbocycles. The first-order valence-corrected chi connectivity index (χ1v) is 9.67. The third-order valence-electron chi connectivity index (χ3n) is 4.77. The van der Waals surface area contributed by atoms with Crippen molar-refractivity contribution in [3.8, 4) is 24.1 Å². The van der Waals surface area contributed by atoms with Crippen molar-refractivity contribution in [2.24, 2.45) is 0 Å². The summed E-state index contributed by atoms with van der Waals surface area (Å²) in [4.78, 5) is 18.1. The van der Waals surface area contributed by atoms with Crippen molar-refractivity contribution in [1.29, 1.82) is 5.26 Å². The molecule has 148 valence electrons. The third-order valence-corrected chi connectivity index (χ3v) is 4.77. The van der Waals surface area contributed by atoms with Crippen LogP contribution in [0.25, 0.3) is 28.7 Å². The molecule has 0 unspecified atom stereocenters. The van der Waals surface area contributed by atoms with E-state index in [1.54, 1.807) is 28.8 Å². The molecule has 1 heterocycles. The van der Waals surface area contributed by atoms with Crippen molar-refractivity contribution in [2.75, 3.05) is 11.9 Å². The summed E-state index contributed by atoms with van der Waals surface area (Å²) in [5, 5.41) is 12.6. The second-order valence-corrected chi connectivity index (χ2v) is 6.80. The number of terminal acetylenes is 1. The smallest absolute Gasteiger partial charge is 0.266 e. The Bertz CT molecular complexity index is 1400. The second kappa shape index (κ2) is 8.82. The van der Waals surface area contributed by atoms with E-state index in [-0.39, 0.29) is 5.56 Å². The Kier molecular flexibility index (Phi) is 5.60. The zero-order valence-electron chi connectivity index (χ0n) is 16.6. The minimum Gasteiger partial charge on any atom is -0.374 e. The van der Waals surface area contributed by atoms with E-state index < -0.39 is 0 Å². The third kappa shape index (κ3) is 4.22. The molecule has 0 bridgehead atoms. The molecule has 5 heteroatoms. The van der Waals surface area contributed by atoms with E-state index in [0.29, 0.717) is 28.8 Å². The van der Waals surface area contributed by atoms with Crippen LogP contribution in [0.2, 0.25) is 0 Å². The van der Waals surface area contributed by atoms with Gasteiger partial charge in [-0.25, -0.2) is 4.98 Å². The van der Waals surface area contributed by atoms with Crippen LogP contribution in [0.1, 0.15) is 17.0 Å². The van der Waals surface area contributed by atoms with Crippen molar-refractivity contribution in [2.45, 2.75) is 0 Å². The van der Waals surface area contributed by atoms with E-state index in [9.17, 15) is 4.79 Å². The number of hydrogen-bond acceptors (Lipinski definition) is 4. The lowest BCUT2D eigenvalue weighted by Crippen LogP contribution is -2.22. The fraction of sp³-hybridized carbons (Fsp3) is 0.0385. The highest BCUT2D eigenvalue weighted by Crippen LogP contribution is 2.19. The Morgan fingerprint density at radius 2 is 1.81 bits per heavy atom. The van der Waals surface area contributed by atoms with Gasteiger partial charge in [0.2, 0.25) is 0 Å². The van der Waals surface area contributed by atoms with Crippen LogP contribution in [0.4, 0.5) is 5.69 Å². The van der Waals surface area contributed by atoms with Gasteiger partial charge < -0.3 is 5.32 Å². The topological polar surface area (TPSA) is 70.7 Å². The highest BCUT2D eigenvalue weighted by molar-refractivity contribution is 5.83. The predicted molar refractivity (Wildman–Crippen MR) is 125 cm³/mol. The summed E-state index contributed by atoms with van der Waals surface area (Å²) < 4.78 is 1.59. The molecule has 1 N–H and O–H groups in total. The number of nitrogens with zero attached hydrogens (tertiary/aromatic N) is 3. The van der Waals surface area contributed by atoms with Gasteiger partial charge in [-0.15, -0.1) is 6.42 Å². The van der Waals surface area contributed by atoms with Crippen LogP contribution in [0.3, 0.4) is 0 Å². The molecule has 0 atom stereocenters. The Morgan fingerprint density at radius 1 is 1.03 bits per heavy atom. The quantitative estimate of drug-likeness (QED) is 0.500. The SMILES string of the molecule is C#CCNc1ccc2c(=O)n(-c3ccccc3)c(/C=C/c3ccc(C#N)cc3)nc2c1. The average molecular weight is 402 g/mol. The molecule has 3 aromatic carbocycles. The van der Waals surface area contributed by atoms with Gasteiger partial charge in [0.25, 0.3) is 5.56 Å². The van der Waals surface area contributed by atoms with Crippen LogP contribution in [0.15, 0.2) is 77.6 Å². The van der Waals surface area contributed by atoms with Gasteiger partial charge in [-0.1, -0.05) is 42.3 Å². The summed E-state index contributed by atoms with van der Waals surface area (Å²) in [6, 6.07) is 24.1. The lowest BCUT2D eigenvalue weighted by molar-refractivity contribution is 0.944. The maximum Gasteiger partial charge on any atom is 0.266 e. The lowest BCUT2D eigenvalue weighted by Gasteiger charge is -2.12. The number of aromatic nitrogens is 2. The van der Waals surface area contributed by atoms with E-state index in [1.165, 1.54) is 0 Å². The summed E-state index contributed by atoms with van der Waals surface area (Å²) in [5.74, 6) is 3.04. The van der Waals surface area contributed by atoms with Crippen molar-refractivity contribution in [3.63, 3.8) is 0 Å². The van der Waals surface area contributed by atoms with Gasteiger partial charge in [-0.05, 0) is 54.1 Å². The monoisotopic (exact) mass is 402 g/mol. The molecular weight excluding hydrogens is 384 g/mol. The molecule has 0 fully saturated rings. The molecule has 5 nitrogen and oxygen atoms in total. The number of fused-ring (bicyclic) bond motifs is 1. The van der Waals surface area contributed by atoms with Gasteiger partial charge in [-0.2, -0.15) is 5.26 Å². The summed E-state index contributed by atoms with van der Waals surface area (Å²) >= 11 is 0. The number of nitrogens with one attached hydrogen (secondary N) is 1. The minimum atomic E-state index is -0.154. The highest BCUT2D eigenvalue weighted by atomic mass is 16.1. The summed E-state index contributed by atoms with van der Waals surface area (Å²) in [6.07, 6.45) is 9.00. The number of para-hydroxylation sites is 1. The Balaban J connectivity index is 1.87. The van der Waals surface area contributed by atoms with Crippen molar-refractivity contribution < 1.29 is 0 Å². The van der Waals surface area contributed by atoms with E-state index >= 15 is 0 Å². The van der Waals surface area contributed by atoms with Crippen LogP contribution in [-0.4, -0.2) is 16.1 Å². The van der Waals surface area contributed by atoms with Gasteiger partial charge in [0.05, 0.1) is 34.8 Å². The predicted octanol–water partition coefficient (Wildman–Crippen LogP) is 4.47. The first kappa shape index (κ1) is 19.7. The van der Waals surface area contributed by atoms with Gasteiger partial charge in [0, 0.05) is 5.69 Å². The molecular formula is C26H18N4O. The number of nitriles is 1. The summed E-state index contributed by atoms with van der Waals surface area (Å²) in [6.45, 7) is 0.387. The van der Waals surface area contributed by atoms with Crippen LogP contribution in [0, 0.1) is 23.7 Å². The van der Waals surface area contributed by atoms with Crippen molar-refractivity contribution >= 4 is 28.7 Å². The van der Waals surface area contributed by atoms with Crippen LogP contribution in [-0.2, 0) is 0 Å². The van der Waals surface area contributed by atoms with E-state index in [1.807, 2.05) is 60.7 Å². The number of anilines is 1. The number of benzene rings is 3. The van der Waals surface area contributed by atoms with Gasteiger partial charge in [0.15, 0.2) is 0 Å². The minimum absolute atomic E-state index is 0.154. The van der Waals surface area contributed by atoms with Gasteiger partial charge in [0.1, 0.15) is 5.82 Å².